The van der Waals surface area contributed by atoms with Gasteiger partial charge in [-0.05, 0) is 13.0 Å². The Morgan fingerprint density at radius 1 is 1.13 bits per heavy atom. The predicted octanol–water partition coefficient (Wildman–Crippen LogP) is 2.21. The van der Waals surface area contributed by atoms with Crippen molar-refractivity contribution in [3.05, 3.63) is 0 Å². The number of hydrogen-bond acceptors (Lipinski definition) is 3. The van der Waals surface area contributed by atoms with Crippen LogP contribution in [0.5, 0.6) is 0 Å². The molecule has 0 aromatic carbocycles. The standard InChI is InChI=1S/C12H27NO2/c1-4-6-7-8-12(13-5-2)11-15-10-9-14-3/h12-13H,4-11H2,1-3H3. The van der Waals surface area contributed by atoms with Gasteiger partial charge in [0.2, 0.25) is 0 Å². The second kappa shape index (κ2) is 12.0. The number of unbranched alkanes of at least 4 members (excludes halogenated alkanes) is 2. The van der Waals surface area contributed by atoms with E-state index in [2.05, 4.69) is 19.2 Å². The summed E-state index contributed by atoms with van der Waals surface area (Å²) in [5.74, 6) is 0. The van der Waals surface area contributed by atoms with Gasteiger partial charge in [-0.1, -0.05) is 33.1 Å². The lowest BCUT2D eigenvalue weighted by molar-refractivity contribution is 0.0573. The molecule has 0 saturated carbocycles. The predicted molar refractivity (Wildman–Crippen MR) is 64.3 cm³/mol. The van der Waals surface area contributed by atoms with Crippen molar-refractivity contribution in [2.75, 3.05) is 33.5 Å². The smallest absolute Gasteiger partial charge is 0.0701 e. The minimum atomic E-state index is 0.512. The molecule has 1 unspecified atom stereocenters. The maximum Gasteiger partial charge on any atom is 0.0701 e. The molecule has 0 spiro atoms. The number of rotatable bonds is 11. The Balaban J connectivity index is 3.44. The lowest BCUT2D eigenvalue weighted by atomic mass is 10.1. The molecule has 0 fully saturated rings. The fourth-order valence-electron chi connectivity index (χ4n) is 1.54. The first-order valence-corrected chi connectivity index (χ1v) is 6.15. The average Bonchev–Trinajstić information content (AvgIpc) is 2.24. The van der Waals surface area contributed by atoms with Crippen LogP contribution in [0.4, 0.5) is 0 Å². The van der Waals surface area contributed by atoms with E-state index in [0.29, 0.717) is 19.3 Å². The van der Waals surface area contributed by atoms with Crippen LogP contribution in [0.25, 0.3) is 0 Å². The average molecular weight is 217 g/mol. The molecule has 1 atom stereocenters. The van der Waals surface area contributed by atoms with E-state index >= 15 is 0 Å². The van der Waals surface area contributed by atoms with E-state index in [1.165, 1.54) is 25.7 Å². The van der Waals surface area contributed by atoms with Crippen LogP contribution in [0.1, 0.15) is 39.5 Å². The minimum Gasteiger partial charge on any atom is -0.382 e. The number of ether oxygens (including phenoxy) is 2. The molecule has 0 aliphatic carbocycles. The topological polar surface area (TPSA) is 30.5 Å². The molecular weight excluding hydrogens is 190 g/mol. The summed E-state index contributed by atoms with van der Waals surface area (Å²) in [4.78, 5) is 0. The lowest BCUT2D eigenvalue weighted by Gasteiger charge is -2.17. The van der Waals surface area contributed by atoms with Gasteiger partial charge in [0.15, 0.2) is 0 Å². The summed E-state index contributed by atoms with van der Waals surface area (Å²) in [5.41, 5.74) is 0. The highest BCUT2D eigenvalue weighted by Gasteiger charge is 2.06. The summed E-state index contributed by atoms with van der Waals surface area (Å²) in [7, 11) is 1.70. The molecule has 92 valence electrons. The first kappa shape index (κ1) is 14.9. The molecule has 0 heterocycles. The quantitative estimate of drug-likeness (QED) is 0.538. The van der Waals surface area contributed by atoms with Crippen LogP contribution in [-0.2, 0) is 9.47 Å². The normalized spacial score (nSPS) is 13.0. The summed E-state index contributed by atoms with van der Waals surface area (Å²) >= 11 is 0. The van der Waals surface area contributed by atoms with Gasteiger partial charge in [-0.15, -0.1) is 0 Å². The molecule has 1 N–H and O–H groups in total. The van der Waals surface area contributed by atoms with Crippen LogP contribution in [0.2, 0.25) is 0 Å². The molecule has 0 aromatic heterocycles. The van der Waals surface area contributed by atoms with Crippen molar-refractivity contribution in [2.24, 2.45) is 0 Å². The highest BCUT2D eigenvalue weighted by Crippen LogP contribution is 2.03. The summed E-state index contributed by atoms with van der Waals surface area (Å²) < 4.78 is 10.5. The third-order valence-corrected chi connectivity index (χ3v) is 2.40. The summed E-state index contributed by atoms with van der Waals surface area (Å²) in [5, 5.41) is 3.45. The Morgan fingerprint density at radius 3 is 2.53 bits per heavy atom. The lowest BCUT2D eigenvalue weighted by Crippen LogP contribution is -2.33. The first-order valence-electron chi connectivity index (χ1n) is 6.15. The molecule has 0 radical (unpaired) electrons. The van der Waals surface area contributed by atoms with Crippen LogP contribution in [-0.4, -0.2) is 39.5 Å². The van der Waals surface area contributed by atoms with E-state index in [9.17, 15) is 0 Å². The highest BCUT2D eigenvalue weighted by atomic mass is 16.5. The number of methoxy groups -OCH3 is 1. The maximum absolute atomic E-state index is 5.53. The molecule has 15 heavy (non-hydrogen) atoms. The molecule has 0 aliphatic heterocycles. The van der Waals surface area contributed by atoms with Gasteiger partial charge in [-0.2, -0.15) is 0 Å². The fraction of sp³-hybridized carbons (Fsp3) is 1.00. The van der Waals surface area contributed by atoms with Gasteiger partial charge in [-0.25, -0.2) is 0 Å². The molecular formula is C12H27NO2. The summed E-state index contributed by atoms with van der Waals surface area (Å²) in [6, 6.07) is 0.512. The summed E-state index contributed by atoms with van der Waals surface area (Å²) in [6.07, 6.45) is 5.11. The van der Waals surface area contributed by atoms with Crippen LogP contribution in [0, 0.1) is 0 Å². The SMILES string of the molecule is CCCCCC(COCCOC)NCC. The van der Waals surface area contributed by atoms with E-state index in [4.69, 9.17) is 9.47 Å². The highest BCUT2D eigenvalue weighted by molar-refractivity contribution is 4.65. The number of hydrogen-bond donors (Lipinski definition) is 1. The number of nitrogens with one attached hydrogen (secondary N) is 1. The Kier molecular flexibility index (Phi) is 11.9. The van der Waals surface area contributed by atoms with E-state index < -0.39 is 0 Å². The van der Waals surface area contributed by atoms with Crippen molar-refractivity contribution in [1.82, 2.24) is 5.32 Å². The molecule has 3 heteroatoms. The Labute approximate surface area is 94.5 Å². The Bertz CT molecular complexity index is 120. The van der Waals surface area contributed by atoms with Crippen LogP contribution < -0.4 is 5.32 Å². The van der Waals surface area contributed by atoms with Crippen molar-refractivity contribution < 1.29 is 9.47 Å². The van der Waals surface area contributed by atoms with E-state index in [0.717, 1.165) is 13.2 Å². The van der Waals surface area contributed by atoms with E-state index in [1.807, 2.05) is 0 Å². The van der Waals surface area contributed by atoms with Crippen molar-refractivity contribution >= 4 is 0 Å². The maximum atomic E-state index is 5.53. The van der Waals surface area contributed by atoms with Gasteiger partial charge in [0, 0.05) is 13.2 Å². The second-order valence-corrected chi connectivity index (χ2v) is 3.82. The van der Waals surface area contributed by atoms with Gasteiger partial charge in [0.25, 0.3) is 0 Å². The molecule has 0 aromatic rings. The largest absolute Gasteiger partial charge is 0.382 e. The Hall–Kier alpha value is -0.120. The van der Waals surface area contributed by atoms with Crippen LogP contribution >= 0.6 is 0 Å². The van der Waals surface area contributed by atoms with Crippen molar-refractivity contribution in [2.45, 2.75) is 45.6 Å². The molecule has 0 aliphatic rings. The van der Waals surface area contributed by atoms with Gasteiger partial charge in [0.05, 0.1) is 19.8 Å². The minimum absolute atomic E-state index is 0.512. The first-order chi connectivity index (χ1) is 7.35. The van der Waals surface area contributed by atoms with Gasteiger partial charge >= 0.3 is 0 Å². The van der Waals surface area contributed by atoms with Crippen LogP contribution in [0.3, 0.4) is 0 Å². The molecule has 0 bridgehead atoms. The van der Waals surface area contributed by atoms with Crippen molar-refractivity contribution in [1.29, 1.82) is 0 Å². The zero-order valence-corrected chi connectivity index (χ0v) is 10.6. The van der Waals surface area contributed by atoms with E-state index in [-0.39, 0.29) is 0 Å². The molecule has 0 saturated heterocycles. The third-order valence-electron chi connectivity index (χ3n) is 2.40. The Morgan fingerprint density at radius 2 is 1.93 bits per heavy atom. The van der Waals surface area contributed by atoms with Gasteiger partial charge in [0.1, 0.15) is 0 Å². The number of likely N-dealkylation sites (N-methyl/N-ethyl adjacent to an activating group) is 1. The zero-order valence-electron chi connectivity index (χ0n) is 10.6. The molecule has 3 nitrogen and oxygen atoms in total. The monoisotopic (exact) mass is 217 g/mol. The van der Waals surface area contributed by atoms with Gasteiger partial charge < -0.3 is 14.8 Å². The van der Waals surface area contributed by atoms with Crippen LogP contribution in [0.15, 0.2) is 0 Å². The van der Waals surface area contributed by atoms with E-state index in [1.54, 1.807) is 7.11 Å². The summed E-state index contributed by atoms with van der Waals surface area (Å²) in [6.45, 7) is 7.59. The second-order valence-electron chi connectivity index (χ2n) is 3.82. The third kappa shape index (κ3) is 10.2. The van der Waals surface area contributed by atoms with Gasteiger partial charge in [-0.3, -0.25) is 0 Å². The zero-order chi connectivity index (χ0) is 11.4. The molecule has 0 amide bonds. The molecule has 0 rings (SSSR count). The fourth-order valence-corrected chi connectivity index (χ4v) is 1.54. The van der Waals surface area contributed by atoms with Crippen molar-refractivity contribution in [3.63, 3.8) is 0 Å². The van der Waals surface area contributed by atoms with Crippen molar-refractivity contribution in [3.8, 4) is 0 Å².